The highest BCUT2D eigenvalue weighted by Crippen LogP contribution is 2.41. The summed E-state index contributed by atoms with van der Waals surface area (Å²) in [5.41, 5.74) is 2.51. The van der Waals surface area contributed by atoms with Crippen LogP contribution in [-0.4, -0.2) is 41.5 Å². The zero-order valence-electron chi connectivity index (χ0n) is 20.6. The van der Waals surface area contributed by atoms with E-state index in [4.69, 9.17) is 9.47 Å². The van der Waals surface area contributed by atoms with Crippen LogP contribution in [0.5, 0.6) is 5.75 Å². The zero-order valence-corrected chi connectivity index (χ0v) is 20.6. The average Bonchev–Trinajstić information content (AvgIpc) is 3.16. The molecule has 0 radical (unpaired) electrons. The summed E-state index contributed by atoms with van der Waals surface area (Å²) in [5.74, 6) is -0.495. The molecule has 184 valence electrons. The number of benzene rings is 2. The predicted molar refractivity (Wildman–Crippen MR) is 134 cm³/mol. The maximum absolute atomic E-state index is 13.4. The number of esters is 1. The molecular weight excluding hydrogens is 447 g/mol. The third-order valence-corrected chi connectivity index (χ3v) is 6.18. The van der Waals surface area contributed by atoms with Crippen molar-refractivity contribution in [3.05, 3.63) is 71.3 Å². The Hall–Kier alpha value is -3.61. The van der Waals surface area contributed by atoms with Crippen LogP contribution in [0.1, 0.15) is 62.2 Å². The fraction of sp³-hybridized carbons (Fsp3) is 0.357. The minimum atomic E-state index is -0.519. The first-order valence-corrected chi connectivity index (χ1v) is 12.0. The molecule has 2 heterocycles. The van der Waals surface area contributed by atoms with Crippen molar-refractivity contribution in [2.75, 3.05) is 19.8 Å². The number of amides is 1. The van der Waals surface area contributed by atoms with Gasteiger partial charge in [0.1, 0.15) is 11.6 Å². The van der Waals surface area contributed by atoms with Gasteiger partial charge in [-0.3, -0.25) is 4.79 Å². The Morgan fingerprint density at radius 3 is 2.54 bits per heavy atom. The summed E-state index contributed by atoms with van der Waals surface area (Å²) in [6, 6.07) is 11.3. The van der Waals surface area contributed by atoms with Crippen molar-refractivity contribution >= 4 is 28.4 Å². The molecular formula is C28H31FN2O4. The van der Waals surface area contributed by atoms with E-state index in [1.165, 1.54) is 29.2 Å². The molecule has 1 amide bonds. The van der Waals surface area contributed by atoms with Gasteiger partial charge >= 0.3 is 5.97 Å². The van der Waals surface area contributed by atoms with Gasteiger partial charge in [-0.05, 0) is 55.3 Å². The fourth-order valence-electron chi connectivity index (χ4n) is 4.53. The molecule has 0 aliphatic carbocycles. The number of rotatable bonds is 7. The van der Waals surface area contributed by atoms with Gasteiger partial charge in [0.25, 0.3) is 5.91 Å². The van der Waals surface area contributed by atoms with E-state index in [0.717, 1.165) is 35.1 Å². The van der Waals surface area contributed by atoms with Gasteiger partial charge in [-0.1, -0.05) is 27.2 Å². The Kier molecular flexibility index (Phi) is 6.96. The monoisotopic (exact) mass is 478 g/mol. The molecule has 35 heavy (non-hydrogen) atoms. The van der Waals surface area contributed by atoms with Crippen LogP contribution in [0.25, 0.3) is 16.5 Å². The summed E-state index contributed by atoms with van der Waals surface area (Å²) in [6.45, 7) is 9.10. The van der Waals surface area contributed by atoms with E-state index >= 15 is 0 Å². The SMILES string of the molecule is CCCCOc1ccc2c3c([nH]c2c1)C(C(=O)OCC)=CN(C(=O)c1ccc(F)cc1)CC3(C)C. The molecule has 0 fully saturated rings. The van der Waals surface area contributed by atoms with Gasteiger partial charge in [-0.25, -0.2) is 9.18 Å². The highest BCUT2D eigenvalue weighted by Gasteiger charge is 2.37. The number of hydrogen-bond donors (Lipinski definition) is 1. The standard InChI is InChI=1S/C28H31FN2O4/c1-5-7-14-35-20-12-13-21-23(15-20)30-25-22(27(33)34-6-2)16-31(17-28(3,4)24(21)25)26(32)18-8-10-19(29)11-9-18/h8-13,15-16,30H,5-7,14,17H2,1-4H3. The number of fused-ring (bicyclic) bond motifs is 3. The summed E-state index contributed by atoms with van der Waals surface area (Å²) < 4.78 is 24.7. The Bertz CT molecular complexity index is 1270. The number of aromatic nitrogens is 1. The van der Waals surface area contributed by atoms with E-state index in [1.807, 2.05) is 32.0 Å². The van der Waals surface area contributed by atoms with Crippen LogP contribution >= 0.6 is 0 Å². The van der Waals surface area contributed by atoms with E-state index in [1.54, 1.807) is 13.1 Å². The number of H-pyrrole nitrogens is 1. The van der Waals surface area contributed by atoms with Crippen LogP contribution in [-0.2, 0) is 14.9 Å². The van der Waals surface area contributed by atoms with Crippen molar-refractivity contribution in [3.8, 4) is 5.75 Å². The van der Waals surface area contributed by atoms with Crippen LogP contribution in [0.3, 0.4) is 0 Å². The fourth-order valence-corrected chi connectivity index (χ4v) is 4.53. The van der Waals surface area contributed by atoms with Gasteiger partial charge in [0.2, 0.25) is 0 Å². The highest BCUT2D eigenvalue weighted by atomic mass is 19.1. The highest BCUT2D eigenvalue weighted by molar-refractivity contribution is 6.18. The van der Waals surface area contributed by atoms with Crippen molar-refractivity contribution in [2.45, 2.75) is 46.0 Å². The first kappa shape index (κ1) is 24.5. The third kappa shape index (κ3) is 4.94. The number of halogens is 1. The molecule has 0 spiro atoms. The Morgan fingerprint density at radius 2 is 1.86 bits per heavy atom. The molecule has 1 aliphatic rings. The van der Waals surface area contributed by atoms with Gasteiger partial charge in [0, 0.05) is 40.7 Å². The summed E-state index contributed by atoms with van der Waals surface area (Å²) in [6.07, 6.45) is 3.57. The van der Waals surface area contributed by atoms with E-state index in [2.05, 4.69) is 11.9 Å². The number of hydrogen-bond acceptors (Lipinski definition) is 4. The smallest absolute Gasteiger partial charge is 0.341 e. The van der Waals surface area contributed by atoms with Crippen molar-refractivity contribution in [2.24, 2.45) is 0 Å². The number of aromatic amines is 1. The van der Waals surface area contributed by atoms with E-state index in [-0.39, 0.29) is 18.1 Å². The second-order valence-electron chi connectivity index (χ2n) is 9.37. The number of ether oxygens (including phenoxy) is 2. The van der Waals surface area contributed by atoms with Crippen molar-refractivity contribution in [1.29, 1.82) is 0 Å². The first-order valence-electron chi connectivity index (χ1n) is 12.0. The van der Waals surface area contributed by atoms with Gasteiger partial charge in [0.15, 0.2) is 0 Å². The largest absolute Gasteiger partial charge is 0.494 e. The van der Waals surface area contributed by atoms with E-state index in [9.17, 15) is 14.0 Å². The maximum Gasteiger partial charge on any atom is 0.341 e. The lowest BCUT2D eigenvalue weighted by Gasteiger charge is -2.29. The number of carbonyl (C=O) groups excluding carboxylic acids is 2. The van der Waals surface area contributed by atoms with Gasteiger partial charge < -0.3 is 19.4 Å². The van der Waals surface area contributed by atoms with Crippen LogP contribution in [0, 0.1) is 5.82 Å². The second-order valence-corrected chi connectivity index (χ2v) is 9.37. The maximum atomic E-state index is 13.4. The van der Waals surface area contributed by atoms with Crippen LogP contribution in [0.15, 0.2) is 48.7 Å². The minimum absolute atomic E-state index is 0.205. The van der Waals surface area contributed by atoms with Crippen LogP contribution in [0.4, 0.5) is 4.39 Å². The number of nitrogens with one attached hydrogen (secondary N) is 1. The van der Waals surface area contributed by atoms with Crippen molar-refractivity contribution in [1.82, 2.24) is 9.88 Å². The van der Waals surface area contributed by atoms with Crippen molar-refractivity contribution in [3.63, 3.8) is 0 Å². The van der Waals surface area contributed by atoms with Gasteiger partial charge in [-0.15, -0.1) is 0 Å². The molecule has 3 aromatic rings. The number of nitrogens with zero attached hydrogens (tertiary/aromatic N) is 1. The molecule has 1 aliphatic heterocycles. The van der Waals surface area contributed by atoms with Crippen LogP contribution < -0.4 is 4.74 Å². The lowest BCUT2D eigenvalue weighted by molar-refractivity contribution is -0.136. The van der Waals surface area contributed by atoms with Gasteiger partial charge in [-0.2, -0.15) is 0 Å². The molecule has 1 N–H and O–H groups in total. The molecule has 0 saturated heterocycles. The molecule has 0 unspecified atom stereocenters. The van der Waals surface area contributed by atoms with E-state index < -0.39 is 17.2 Å². The van der Waals surface area contributed by atoms with E-state index in [0.29, 0.717) is 24.4 Å². The molecule has 6 nitrogen and oxygen atoms in total. The average molecular weight is 479 g/mol. The van der Waals surface area contributed by atoms with Gasteiger partial charge in [0.05, 0.1) is 24.5 Å². The Morgan fingerprint density at radius 1 is 1.11 bits per heavy atom. The first-order chi connectivity index (χ1) is 16.7. The Labute approximate surface area is 204 Å². The van der Waals surface area contributed by atoms with Crippen LogP contribution in [0.2, 0.25) is 0 Å². The predicted octanol–water partition coefficient (Wildman–Crippen LogP) is 5.82. The number of unbranched alkanes of at least 4 members (excludes halogenated alkanes) is 1. The molecule has 4 rings (SSSR count). The molecule has 0 bridgehead atoms. The third-order valence-electron chi connectivity index (χ3n) is 6.18. The summed E-state index contributed by atoms with van der Waals surface area (Å²) >= 11 is 0. The quantitative estimate of drug-likeness (QED) is 0.343. The van der Waals surface area contributed by atoms with Crippen molar-refractivity contribution < 1.29 is 23.5 Å². The summed E-state index contributed by atoms with van der Waals surface area (Å²) in [7, 11) is 0. The Balaban J connectivity index is 1.82. The molecule has 7 heteroatoms. The topological polar surface area (TPSA) is 71.6 Å². The zero-order chi connectivity index (χ0) is 25.2. The molecule has 0 atom stereocenters. The summed E-state index contributed by atoms with van der Waals surface area (Å²) in [4.78, 5) is 31.4. The second kappa shape index (κ2) is 9.94. The lowest BCUT2D eigenvalue weighted by Crippen LogP contribution is -2.36. The minimum Gasteiger partial charge on any atom is -0.494 e. The summed E-state index contributed by atoms with van der Waals surface area (Å²) in [5, 5.41) is 0.958. The lowest BCUT2D eigenvalue weighted by atomic mass is 9.81. The normalized spacial score (nSPS) is 14.8. The molecule has 0 saturated carbocycles. The molecule has 2 aromatic carbocycles. The molecule has 1 aromatic heterocycles. The number of carbonyl (C=O) groups is 2.